The van der Waals surface area contributed by atoms with Crippen molar-refractivity contribution >= 4 is 17.5 Å². The molecule has 0 unspecified atom stereocenters. The molecule has 0 aliphatic heterocycles. The van der Waals surface area contributed by atoms with E-state index < -0.39 is 5.97 Å². The number of nitrogens with one attached hydrogen (secondary N) is 1. The number of aromatic nitrogens is 3. The fraction of sp³-hybridized carbons (Fsp3) is 0.222. The molecule has 1 aromatic carbocycles. The maximum absolute atomic E-state index is 12.4. The lowest BCUT2D eigenvalue weighted by Gasteiger charge is -2.11. The highest BCUT2D eigenvalue weighted by Gasteiger charge is 2.15. The lowest BCUT2D eigenvalue weighted by molar-refractivity contribution is 0.0430. The zero-order valence-corrected chi connectivity index (χ0v) is 14.4. The summed E-state index contributed by atoms with van der Waals surface area (Å²) >= 11 is 0. The number of aryl methyl sites for hydroxylation is 1. The van der Waals surface area contributed by atoms with Gasteiger partial charge in [-0.15, -0.1) is 0 Å². The van der Waals surface area contributed by atoms with E-state index in [1.807, 2.05) is 31.2 Å². The van der Waals surface area contributed by atoms with Crippen LogP contribution in [0.2, 0.25) is 0 Å². The van der Waals surface area contributed by atoms with Crippen molar-refractivity contribution in [2.24, 2.45) is 0 Å². The van der Waals surface area contributed by atoms with Gasteiger partial charge in [0.2, 0.25) is 0 Å². The lowest BCUT2D eigenvalue weighted by atomic mass is 10.2. The molecule has 0 radical (unpaired) electrons. The van der Waals surface area contributed by atoms with Crippen LogP contribution in [0.4, 0.5) is 11.5 Å². The van der Waals surface area contributed by atoms with Gasteiger partial charge in [0.15, 0.2) is 12.4 Å². The normalized spacial score (nSPS) is 10.4. The first-order chi connectivity index (χ1) is 12.7. The summed E-state index contributed by atoms with van der Waals surface area (Å²) < 4.78 is 15.6. The number of hydrogen-bond donors (Lipinski definition) is 1. The number of rotatable bonds is 7. The first-order valence-corrected chi connectivity index (χ1v) is 8.07. The summed E-state index contributed by atoms with van der Waals surface area (Å²) in [6, 6.07) is 10.7. The molecule has 0 amide bonds. The monoisotopic (exact) mass is 354 g/mol. The second-order valence-electron chi connectivity index (χ2n) is 5.29. The Kier molecular flexibility index (Phi) is 5.43. The predicted octanol–water partition coefficient (Wildman–Crippen LogP) is 3.27. The van der Waals surface area contributed by atoms with Gasteiger partial charge in [-0.2, -0.15) is 4.98 Å². The number of pyridine rings is 1. The Bertz CT molecular complexity index is 877. The molecule has 0 aliphatic carbocycles. The number of carbonyl (C=O) groups excluding carboxylic acids is 1. The Morgan fingerprint density at radius 1 is 1.23 bits per heavy atom. The van der Waals surface area contributed by atoms with E-state index in [0.717, 1.165) is 11.4 Å². The van der Waals surface area contributed by atoms with Crippen molar-refractivity contribution in [1.29, 1.82) is 0 Å². The molecule has 0 saturated heterocycles. The van der Waals surface area contributed by atoms with Crippen LogP contribution in [0.1, 0.15) is 29.0 Å². The largest absolute Gasteiger partial charge is 0.494 e. The van der Waals surface area contributed by atoms with Gasteiger partial charge in [-0.1, -0.05) is 5.16 Å². The number of ether oxygens (including phenoxy) is 2. The van der Waals surface area contributed by atoms with Crippen molar-refractivity contribution in [2.45, 2.75) is 20.5 Å². The number of benzene rings is 1. The summed E-state index contributed by atoms with van der Waals surface area (Å²) in [5.41, 5.74) is 1.08. The molecule has 8 nitrogen and oxygen atoms in total. The highest BCUT2D eigenvalue weighted by atomic mass is 16.6. The third kappa shape index (κ3) is 4.35. The molecule has 0 bridgehead atoms. The maximum atomic E-state index is 12.4. The van der Waals surface area contributed by atoms with E-state index in [-0.39, 0.29) is 12.5 Å². The first-order valence-electron chi connectivity index (χ1n) is 8.07. The van der Waals surface area contributed by atoms with Gasteiger partial charge in [-0.25, -0.2) is 9.78 Å². The van der Waals surface area contributed by atoms with Crippen LogP contribution in [0.25, 0.3) is 0 Å². The SMILES string of the molecule is CCOc1ccc(Nc2ncccc2C(=O)OCc2nc(C)no2)cc1. The van der Waals surface area contributed by atoms with E-state index in [1.54, 1.807) is 25.3 Å². The van der Waals surface area contributed by atoms with Gasteiger partial charge in [0, 0.05) is 11.9 Å². The number of hydrogen-bond acceptors (Lipinski definition) is 8. The number of nitrogens with zero attached hydrogens (tertiary/aromatic N) is 3. The van der Waals surface area contributed by atoms with Crippen molar-refractivity contribution < 1.29 is 18.8 Å². The Labute approximate surface area is 150 Å². The lowest BCUT2D eigenvalue weighted by Crippen LogP contribution is -2.09. The van der Waals surface area contributed by atoms with Crippen LogP contribution in [-0.2, 0) is 11.3 Å². The molecular formula is C18H18N4O4. The van der Waals surface area contributed by atoms with Crippen molar-refractivity contribution in [3.63, 3.8) is 0 Å². The third-order valence-corrected chi connectivity index (χ3v) is 3.35. The van der Waals surface area contributed by atoms with Crippen molar-refractivity contribution in [3.8, 4) is 5.75 Å². The van der Waals surface area contributed by atoms with Gasteiger partial charge in [-0.3, -0.25) is 0 Å². The third-order valence-electron chi connectivity index (χ3n) is 3.35. The molecule has 2 aromatic heterocycles. The average molecular weight is 354 g/mol. The van der Waals surface area contributed by atoms with Gasteiger partial charge in [0.05, 0.1) is 6.61 Å². The van der Waals surface area contributed by atoms with E-state index in [2.05, 4.69) is 20.4 Å². The van der Waals surface area contributed by atoms with E-state index >= 15 is 0 Å². The van der Waals surface area contributed by atoms with E-state index in [1.165, 1.54) is 0 Å². The Morgan fingerprint density at radius 3 is 2.73 bits per heavy atom. The van der Waals surface area contributed by atoms with Crippen LogP contribution in [0, 0.1) is 6.92 Å². The zero-order valence-electron chi connectivity index (χ0n) is 14.4. The van der Waals surface area contributed by atoms with Gasteiger partial charge in [0.1, 0.15) is 17.1 Å². The highest BCUT2D eigenvalue weighted by molar-refractivity contribution is 5.95. The molecule has 3 aromatic rings. The van der Waals surface area contributed by atoms with Gasteiger partial charge in [-0.05, 0) is 50.2 Å². The molecule has 1 N–H and O–H groups in total. The minimum atomic E-state index is -0.539. The van der Waals surface area contributed by atoms with E-state index in [9.17, 15) is 4.79 Å². The maximum Gasteiger partial charge on any atom is 0.342 e. The van der Waals surface area contributed by atoms with Crippen LogP contribution in [0.15, 0.2) is 47.1 Å². The molecule has 2 heterocycles. The molecule has 134 valence electrons. The fourth-order valence-corrected chi connectivity index (χ4v) is 2.21. The quantitative estimate of drug-likeness (QED) is 0.645. The molecule has 0 fully saturated rings. The molecule has 26 heavy (non-hydrogen) atoms. The average Bonchev–Trinajstić information content (AvgIpc) is 3.07. The van der Waals surface area contributed by atoms with Crippen LogP contribution in [0.3, 0.4) is 0 Å². The predicted molar refractivity (Wildman–Crippen MR) is 93.3 cm³/mol. The Morgan fingerprint density at radius 2 is 2.04 bits per heavy atom. The van der Waals surface area contributed by atoms with Crippen molar-refractivity contribution in [2.75, 3.05) is 11.9 Å². The fourth-order valence-electron chi connectivity index (χ4n) is 2.21. The van der Waals surface area contributed by atoms with Gasteiger partial charge >= 0.3 is 5.97 Å². The number of carbonyl (C=O) groups is 1. The minimum absolute atomic E-state index is 0.100. The standard InChI is InChI=1S/C18H18N4O4/c1-3-24-14-8-6-13(7-9-14)21-17-15(5-4-10-19-17)18(23)25-11-16-20-12(2)22-26-16/h4-10H,3,11H2,1-2H3,(H,19,21). The smallest absolute Gasteiger partial charge is 0.342 e. The molecular weight excluding hydrogens is 336 g/mol. The van der Waals surface area contributed by atoms with E-state index in [0.29, 0.717) is 23.8 Å². The summed E-state index contributed by atoms with van der Waals surface area (Å²) in [6.45, 7) is 4.11. The van der Waals surface area contributed by atoms with Gasteiger partial charge < -0.3 is 19.3 Å². The second kappa shape index (κ2) is 8.11. The molecule has 0 saturated carbocycles. The van der Waals surface area contributed by atoms with Crippen molar-refractivity contribution in [3.05, 3.63) is 59.9 Å². The number of esters is 1. The molecule has 8 heteroatoms. The van der Waals surface area contributed by atoms with Crippen LogP contribution in [-0.4, -0.2) is 27.7 Å². The molecule has 0 aliphatic rings. The molecule has 0 atom stereocenters. The topological polar surface area (TPSA) is 99.4 Å². The molecule has 0 spiro atoms. The highest BCUT2D eigenvalue weighted by Crippen LogP contribution is 2.22. The molecule has 3 rings (SSSR count). The van der Waals surface area contributed by atoms with Crippen LogP contribution >= 0.6 is 0 Å². The summed E-state index contributed by atoms with van der Waals surface area (Å²) in [7, 11) is 0. The van der Waals surface area contributed by atoms with Crippen LogP contribution < -0.4 is 10.1 Å². The minimum Gasteiger partial charge on any atom is -0.494 e. The first kappa shape index (κ1) is 17.4. The summed E-state index contributed by atoms with van der Waals surface area (Å²) in [4.78, 5) is 20.6. The zero-order chi connectivity index (χ0) is 18.4. The Balaban J connectivity index is 1.69. The Hall–Kier alpha value is -3.42. The van der Waals surface area contributed by atoms with E-state index in [4.69, 9.17) is 14.0 Å². The van der Waals surface area contributed by atoms with Crippen molar-refractivity contribution in [1.82, 2.24) is 15.1 Å². The number of anilines is 2. The van der Waals surface area contributed by atoms with Crippen LogP contribution in [0.5, 0.6) is 5.75 Å². The summed E-state index contributed by atoms with van der Waals surface area (Å²) in [5.74, 6) is 1.34. The summed E-state index contributed by atoms with van der Waals surface area (Å²) in [6.07, 6.45) is 1.59. The summed E-state index contributed by atoms with van der Waals surface area (Å²) in [5, 5.41) is 6.75. The van der Waals surface area contributed by atoms with Gasteiger partial charge in [0.25, 0.3) is 5.89 Å². The second-order valence-corrected chi connectivity index (χ2v) is 5.29.